The summed E-state index contributed by atoms with van der Waals surface area (Å²) in [6.45, 7) is 1.15. The summed E-state index contributed by atoms with van der Waals surface area (Å²) in [6, 6.07) is 0.0121. The molecule has 4 nitrogen and oxygen atoms in total. The summed E-state index contributed by atoms with van der Waals surface area (Å²) in [5.74, 6) is -0.0374. The number of nitrogens with two attached hydrogens (primary N) is 1. The lowest BCUT2D eigenvalue weighted by atomic mass is 9.77. The van der Waals surface area contributed by atoms with Crippen molar-refractivity contribution in [1.29, 1.82) is 0 Å². The van der Waals surface area contributed by atoms with Crippen LogP contribution in [0.5, 0.6) is 0 Å². The van der Waals surface area contributed by atoms with Crippen LogP contribution in [0.2, 0.25) is 0 Å². The molecule has 1 aliphatic carbocycles. The molecule has 0 radical (unpaired) electrons. The van der Waals surface area contributed by atoms with E-state index in [2.05, 4.69) is 4.90 Å². The van der Waals surface area contributed by atoms with Crippen molar-refractivity contribution in [1.82, 2.24) is 4.90 Å². The maximum Gasteiger partial charge on any atom is 0.322 e. The molecule has 16 heavy (non-hydrogen) atoms. The molecule has 1 saturated heterocycles. The summed E-state index contributed by atoms with van der Waals surface area (Å²) in [7, 11) is 0. The zero-order chi connectivity index (χ0) is 11.5. The predicted octanol–water partition coefficient (Wildman–Crippen LogP) is 1.05. The molecule has 3 unspecified atom stereocenters. The second kappa shape index (κ2) is 5.15. The molecule has 2 fully saturated rings. The van der Waals surface area contributed by atoms with Gasteiger partial charge in [0.25, 0.3) is 0 Å². The van der Waals surface area contributed by atoms with Crippen LogP contribution in [-0.4, -0.2) is 41.1 Å². The second-order valence-electron chi connectivity index (χ2n) is 5.08. The summed E-state index contributed by atoms with van der Waals surface area (Å²) in [6.07, 6.45) is 7.40. The molecule has 2 aliphatic rings. The molecule has 0 spiro atoms. The molecular weight excluding hydrogens is 204 g/mol. The number of carboxylic acid groups (broad SMARTS) is 1. The zero-order valence-corrected chi connectivity index (χ0v) is 9.77. The Bertz CT molecular complexity index is 255. The summed E-state index contributed by atoms with van der Waals surface area (Å²) >= 11 is 0. The first-order chi connectivity index (χ1) is 7.74. The molecule has 1 heterocycles. The first-order valence-electron chi connectivity index (χ1n) is 6.42. The first kappa shape index (κ1) is 11.9. The lowest BCUT2D eigenvalue weighted by Gasteiger charge is -2.46. The molecule has 0 aromatic heterocycles. The highest BCUT2D eigenvalue weighted by atomic mass is 16.4. The highest BCUT2D eigenvalue weighted by molar-refractivity contribution is 5.73. The predicted molar refractivity (Wildman–Crippen MR) is 62.2 cm³/mol. The fourth-order valence-electron chi connectivity index (χ4n) is 3.43. The van der Waals surface area contributed by atoms with Crippen LogP contribution in [-0.2, 0) is 4.79 Å². The molecule has 1 aliphatic heterocycles. The third-order valence-electron chi connectivity index (χ3n) is 4.19. The van der Waals surface area contributed by atoms with Crippen LogP contribution < -0.4 is 5.73 Å². The van der Waals surface area contributed by atoms with Crippen molar-refractivity contribution < 1.29 is 9.90 Å². The van der Waals surface area contributed by atoms with Crippen LogP contribution in [0.1, 0.15) is 38.5 Å². The molecule has 3 N–H and O–H groups in total. The molecular formula is C12H22N2O2. The van der Waals surface area contributed by atoms with Crippen molar-refractivity contribution in [2.24, 2.45) is 11.7 Å². The summed E-state index contributed by atoms with van der Waals surface area (Å²) < 4.78 is 0. The topological polar surface area (TPSA) is 66.6 Å². The molecule has 1 saturated carbocycles. The Hall–Kier alpha value is -0.610. The number of hydrogen-bond acceptors (Lipinski definition) is 3. The third kappa shape index (κ3) is 2.23. The molecule has 0 bridgehead atoms. The standard InChI is InChI=1S/C12H22N2O2/c13-8-11(12(15)16)14-7-3-5-9-4-1-2-6-10(9)14/h9-11H,1-8,13H2,(H,15,16). The molecule has 2 rings (SSSR count). The van der Waals surface area contributed by atoms with E-state index in [0.717, 1.165) is 25.3 Å². The van der Waals surface area contributed by atoms with Gasteiger partial charge in [-0.05, 0) is 38.1 Å². The Morgan fingerprint density at radius 3 is 2.69 bits per heavy atom. The second-order valence-corrected chi connectivity index (χ2v) is 5.08. The smallest absolute Gasteiger partial charge is 0.322 e. The van der Waals surface area contributed by atoms with E-state index in [1.165, 1.54) is 25.7 Å². The van der Waals surface area contributed by atoms with Gasteiger partial charge >= 0.3 is 5.97 Å². The van der Waals surface area contributed by atoms with Crippen molar-refractivity contribution in [3.05, 3.63) is 0 Å². The molecule has 4 heteroatoms. The minimum atomic E-state index is -0.756. The van der Waals surface area contributed by atoms with Crippen molar-refractivity contribution in [2.75, 3.05) is 13.1 Å². The van der Waals surface area contributed by atoms with Gasteiger partial charge in [0.1, 0.15) is 6.04 Å². The van der Waals surface area contributed by atoms with E-state index in [-0.39, 0.29) is 6.54 Å². The summed E-state index contributed by atoms with van der Waals surface area (Å²) in [4.78, 5) is 13.3. The Labute approximate surface area is 96.8 Å². The van der Waals surface area contributed by atoms with Gasteiger partial charge in [0.2, 0.25) is 0 Å². The number of carboxylic acids is 1. The van der Waals surface area contributed by atoms with E-state index in [9.17, 15) is 9.90 Å². The van der Waals surface area contributed by atoms with Gasteiger partial charge in [-0.2, -0.15) is 0 Å². The molecule has 0 aromatic rings. The van der Waals surface area contributed by atoms with E-state index in [1.807, 2.05) is 0 Å². The monoisotopic (exact) mass is 226 g/mol. The fourth-order valence-corrected chi connectivity index (χ4v) is 3.43. The van der Waals surface area contributed by atoms with Gasteiger partial charge < -0.3 is 10.8 Å². The van der Waals surface area contributed by atoms with E-state index < -0.39 is 12.0 Å². The molecule has 0 aromatic carbocycles. The number of rotatable bonds is 3. The van der Waals surface area contributed by atoms with Gasteiger partial charge in [0.05, 0.1) is 0 Å². The Morgan fingerprint density at radius 1 is 1.31 bits per heavy atom. The Balaban J connectivity index is 2.09. The Morgan fingerprint density at radius 2 is 2.00 bits per heavy atom. The first-order valence-corrected chi connectivity index (χ1v) is 6.42. The summed E-state index contributed by atoms with van der Waals surface area (Å²) in [5, 5.41) is 9.19. The van der Waals surface area contributed by atoms with Crippen LogP contribution in [0, 0.1) is 5.92 Å². The van der Waals surface area contributed by atoms with Crippen molar-refractivity contribution in [3.8, 4) is 0 Å². The quantitative estimate of drug-likeness (QED) is 0.755. The van der Waals surface area contributed by atoms with Gasteiger partial charge in [-0.25, -0.2) is 0 Å². The van der Waals surface area contributed by atoms with Gasteiger partial charge in [0.15, 0.2) is 0 Å². The number of nitrogens with zero attached hydrogens (tertiary/aromatic N) is 1. The van der Waals surface area contributed by atoms with Gasteiger partial charge in [-0.1, -0.05) is 12.8 Å². The van der Waals surface area contributed by atoms with Crippen molar-refractivity contribution in [3.63, 3.8) is 0 Å². The van der Waals surface area contributed by atoms with Gasteiger partial charge in [0, 0.05) is 12.6 Å². The number of aliphatic carboxylic acids is 1. The molecule has 3 atom stereocenters. The van der Waals surface area contributed by atoms with E-state index in [1.54, 1.807) is 0 Å². The zero-order valence-electron chi connectivity index (χ0n) is 9.77. The van der Waals surface area contributed by atoms with E-state index in [0.29, 0.717) is 6.04 Å². The molecule has 0 amide bonds. The van der Waals surface area contributed by atoms with Crippen LogP contribution in [0.25, 0.3) is 0 Å². The number of piperidine rings is 1. The van der Waals surface area contributed by atoms with Crippen molar-refractivity contribution in [2.45, 2.75) is 50.6 Å². The third-order valence-corrected chi connectivity index (χ3v) is 4.19. The molecule has 92 valence electrons. The maximum absolute atomic E-state index is 11.2. The van der Waals surface area contributed by atoms with E-state index in [4.69, 9.17) is 5.73 Å². The minimum absolute atomic E-state index is 0.235. The SMILES string of the molecule is NCC(C(=O)O)N1CCCC2CCCCC21. The highest BCUT2D eigenvalue weighted by Crippen LogP contribution is 2.36. The minimum Gasteiger partial charge on any atom is -0.480 e. The van der Waals surface area contributed by atoms with Crippen molar-refractivity contribution >= 4 is 5.97 Å². The van der Waals surface area contributed by atoms with Crippen LogP contribution in [0.4, 0.5) is 0 Å². The average Bonchev–Trinajstić information content (AvgIpc) is 2.30. The highest BCUT2D eigenvalue weighted by Gasteiger charge is 2.38. The maximum atomic E-state index is 11.2. The van der Waals surface area contributed by atoms with Crippen LogP contribution in [0.3, 0.4) is 0 Å². The number of likely N-dealkylation sites (tertiary alicyclic amines) is 1. The van der Waals surface area contributed by atoms with Gasteiger partial charge in [-0.15, -0.1) is 0 Å². The fraction of sp³-hybridized carbons (Fsp3) is 0.917. The lowest BCUT2D eigenvalue weighted by Crippen LogP contribution is -2.56. The average molecular weight is 226 g/mol. The summed E-state index contributed by atoms with van der Waals surface area (Å²) in [5.41, 5.74) is 5.60. The Kier molecular flexibility index (Phi) is 3.82. The number of fused-ring (bicyclic) bond motifs is 1. The van der Waals surface area contributed by atoms with Gasteiger partial charge in [-0.3, -0.25) is 9.69 Å². The number of carbonyl (C=O) groups is 1. The van der Waals surface area contributed by atoms with Crippen LogP contribution >= 0.6 is 0 Å². The van der Waals surface area contributed by atoms with Crippen LogP contribution in [0.15, 0.2) is 0 Å². The number of hydrogen-bond donors (Lipinski definition) is 2. The largest absolute Gasteiger partial charge is 0.480 e. The lowest BCUT2D eigenvalue weighted by molar-refractivity contribution is -0.145. The van der Waals surface area contributed by atoms with E-state index >= 15 is 0 Å². The normalized spacial score (nSPS) is 33.1.